The Balaban J connectivity index is 1.41. The van der Waals surface area contributed by atoms with Crippen LogP contribution in [0.1, 0.15) is 30.3 Å². The molecule has 2 aromatic carbocycles. The molecule has 0 atom stereocenters. The second-order valence-corrected chi connectivity index (χ2v) is 9.99. The topological polar surface area (TPSA) is 113 Å². The van der Waals surface area contributed by atoms with Gasteiger partial charge in [0.25, 0.3) is 5.91 Å². The van der Waals surface area contributed by atoms with E-state index in [2.05, 4.69) is 15.7 Å². The summed E-state index contributed by atoms with van der Waals surface area (Å²) in [6.07, 6.45) is 2.42. The van der Waals surface area contributed by atoms with Gasteiger partial charge in [0.05, 0.1) is 10.6 Å². The Morgan fingerprint density at radius 2 is 1.59 bits per heavy atom. The summed E-state index contributed by atoms with van der Waals surface area (Å²) in [7, 11) is -3.58. The molecule has 1 fully saturated rings. The Bertz CT molecular complexity index is 1250. The van der Waals surface area contributed by atoms with E-state index in [0.717, 1.165) is 0 Å². The van der Waals surface area contributed by atoms with Gasteiger partial charge in [0.15, 0.2) is 5.69 Å². The molecule has 0 bridgehead atoms. The molecule has 1 aromatic heterocycles. The van der Waals surface area contributed by atoms with Crippen molar-refractivity contribution in [3.05, 3.63) is 72.6 Å². The molecule has 0 spiro atoms. The predicted octanol–water partition coefficient (Wildman–Crippen LogP) is 3.19. The normalized spacial score (nSPS) is 15.1. The molecular formula is C24H27N5O4S. The smallest absolute Gasteiger partial charge is 0.278 e. The number of hydrogen-bond acceptors (Lipinski definition) is 5. The van der Waals surface area contributed by atoms with Crippen LogP contribution in [0.15, 0.2) is 71.8 Å². The molecule has 10 heteroatoms. The average molecular weight is 482 g/mol. The molecule has 0 radical (unpaired) electrons. The van der Waals surface area contributed by atoms with E-state index in [-0.39, 0.29) is 35.5 Å². The first kappa shape index (κ1) is 23.7. The SMILES string of the molecule is CCn1cc(NC(=O)C2CCN(S(=O)(=O)c3ccccc3)CC2)c(C(=O)Nc2ccccc2)n1. The van der Waals surface area contributed by atoms with Gasteiger partial charge in [0.1, 0.15) is 0 Å². The van der Waals surface area contributed by atoms with Crippen molar-refractivity contribution in [3.63, 3.8) is 0 Å². The van der Waals surface area contributed by atoms with E-state index >= 15 is 0 Å². The number of benzene rings is 2. The minimum atomic E-state index is -3.58. The minimum Gasteiger partial charge on any atom is -0.323 e. The molecule has 2 amide bonds. The molecule has 2 N–H and O–H groups in total. The van der Waals surface area contributed by atoms with Gasteiger partial charge in [-0.3, -0.25) is 14.3 Å². The van der Waals surface area contributed by atoms with Crippen molar-refractivity contribution < 1.29 is 18.0 Å². The molecule has 34 heavy (non-hydrogen) atoms. The Labute approximate surface area is 198 Å². The first-order chi connectivity index (χ1) is 16.4. The average Bonchev–Trinajstić information content (AvgIpc) is 3.28. The summed E-state index contributed by atoms with van der Waals surface area (Å²) < 4.78 is 28.7. The third kappa shape index (κ3) is 5.18. The number of carbonyl (C=O) groups excluding carboxylic acids is 2. The Hall–Kier alpha value is -3.50. The number of amides is 2. The van der Waals surface area contributed by atoms with E-state index in [1.54, 1.807) is 53.3 Å². The summed E-state index contributed by atoms with van der Waals surface area (Å²) in [5, 5.41) is 9.93. The molecule has 0 saturated carbocycles. The zero-order valence-corrected chi connectivity index (χ0v) is 19.7. The maximum absolute atomic E-state index is 13.0. The molecule has 1 saturated heterocycles. The van der Waals surface area contributed by atoms with E-state index in [4.69, 9.17) is 0 Å². The zero-order chi connectivity index (χ0) is 24.1. The van der Waals surface area contributed by atoms with Crippen molar-refractivity contribution >= 4 is 33.2 Å². The minimum absolute atomic E-state index is 0.128. The summed E-state index contributed by atoms with van der Waals surface area (Å²) in [5.74, 6) is -1.03. The summed E-state index contributed by atoms with van der Waals surface area (Å²) in [6, 6.07) is 17.3. The zero-order valence-electron chi connectivity index (χ0n) is 18.8. The number of nitrogens with zero attached hydrogens (tertiary/aromatic N) is 3. The van der Waals surface area contributed by atoms with Crippen LogP contribution < -0.4 is 10.6 Å². The number of carbonyl (C=O) groups is 2. The van der Waals surface area contributed by atoms with Gasteiger partial charge >= 0.3 is 0 Å². The van der Waals surface area contributed by atoms with Crippen molar-refractivity contribution in [3.8, 4) is 0 Å². The summed E-state index contributed by atoms with van der Waals surface area (Å²) >= 11 is 0. The molecule has 3 aromatic rings. The molecule has 1 aliphatic rings. The van der Waals surface area contributed by atoms with Gasteiger partial charge in [0, 0.05) is 37.4 Å². The summed E-state index contributed by atoms with van der Waals surface area (Å²) in [5.41, 5.74) is 1.09. The number of anilines is 2. The van der Waals surface area contributed by atoms with E-state index in [1.807, 2.05) is 25.1 Å². The van der Waals surface area contributed by atoms with Gasteiger partial charge < -0.3 is 10.6 Å². The lowest BCUT2D eigenvalue weighted by Gasteiger charge is -2.30. The van der Waals surface area contributed by atoms with Crippen LogP contribution >= 0.6 is 0 Å². The van der Waals surface area contributed by atoms with Crippen LogP contribution in [0.4, 0.5) is 11.4 Å². The van der Waals surface area contributed by atoms with Crippen LogP contribution in [-0.2, 0) is 21.4 Å². The lowest BCUT2D eigenvalue weighted by atomic mass is 9.97. The first-order valence-electron chi connectivity index (χ1n) is 11.2. The predicted molar refractivity (Wildman–Crippen MR) is 129 cm³/mol. The number of rotatable bonds is 7. The van der Waals surface area contributed by atoms with Crippen LogP contribution in [-0.4, -0.2) is 47.4 Å². The molecule has 178 valence electrons. The molecule has 1 aliphatic heterocycles. The largest absolute Gasteiger partial charge is 0.323 e. The van der Waals surface area contributed by atoms with Crippen molar-refractivity contribution in [2.45, 2.75) is 31.2 Å². The van der Waals surface area contributed by atoms with Crippen LogP contribution in [0.25, 0.3) is 0 Å². The molecular weight excluding hydrogens is 454 g/mol. The lowest BCUT2D eigenvalue weighted by molar-refractivity contribution is -0.120. The number of para-hydroxylation sites is 1. The van der Waals surface area contributed by atoms with Gasteiger partial charge in [-0.25, -0.2) is 8.42 Å². The van der Waals surface area contributed by atoms with Gasteiger partial charge in [-0.15, -0.1) is 0 Å². The van der Waals surface area contributed by atoms with E-state index in [9.17, 15) is 18.0 Å². The maximum atomic E-state index is 13.0. The number of aryl methyl sites for hydroxylation is 1. The molecule has 0 aliphatic carbocycles. The van der Waals surface area contributed by atoms with Crippen molar-refractivity contribution in [2.24, 2.45) is 5.92 Å². The van der Waals surface area contributed by atoms with Gasteiger partial charge in [-0.05, 0) is 44.0 Å². The van der Waals surface area contributed by atoms with Crippen LogP contribution in [0.3, 0.4) is 0 Å². The monoisotopic (exact) mass is 481 g/mol. The number of nitrogens with one attached hydrogen (secondary N) is 2. The highest BCUT2D eigenvalue weighted by Gasteiger charge is 2.32. The highest BCUT2D eigenvalue weighted by molar-refractivity contribution is 7.89. The number of hydrogen-bond donors (Lipinski definition) is 2. The molecule has 0 unspecified atom stereocenters. The second-order valence-electron chi connectivity index (χ2n) is 8.05. The number of sulfonamides is 1. The van der Waals surface area contributed by atoms with Crippen LogP contribution in [0, 0.1) is 5.92 Å². The van der Waals surface area contributed by atoms with E-state index < -0.39 is 15.9 Å². The molecule has 4 rings (SSSR count). The molecule has 2 heterocycles. The number of aromatic nitrogens is 2. The third-order valence-electron chi connectivity index (χ3n) is 5.80. The van der Waals surface area contributed by atoms with Gasteiger partial charge in [-0.2, -0.15) is 9.40 Å². The van der Waals surface area contributed by atoms with Crippen LogP contribution in [0.2, 0.25) is 0 Å². The van der Waals surface area contributed by atoms with Crippen molar-refractivity contribution in [2.75, 3.05) is 23.7 Å². The quantitative estimate of drug-likeness (QED) is 0.538. The van der Waals surface area contributed by atoms with Gasteiger partial charge in [0.2, 0.25) is 15.9 Å². The van der Waals surface area contributed by atoms with Gasteiger partial charge in [-0.1, -0.05) is 36.4 Å². The number of piperidine rings is 1. The lowest BCUT2D eigenvalue weighted by Crippen LogP contribution is -2.41. The summed E-state index contributed by atoms with van der Waals surface area (Å²) in [4.78, 5) is 26.0. The Morgan fingerprint density at radius 1 is 0.971 bits per heavy atom. The van der Waals surface area contributed by atoms with Crippen LogP contribution in [0.5, 0.6) is 0 Å². The van der Waals surface area contributed by atoms with Crippen molar-refractivity contribution in [1.82, 2.24) is 14.1 Å². The maximum Gasteiger partial charge on any atom is 0.278 e. The fourth-order valence-electron chi connectivity index (χ4n) is 3.89. The van der Waals surface area contributed by atoms with E-state index in [1.165, 1.54) is 4.31 Å². The fourth-order valence-corrected chi connectivity index (χ4v) is 5.38. The standard InChI is InChI=1S/C24H27N5O4S/c1-2-28-17-21(22(27-28)24(31)25-19-9-5-3-6-10-19)26-23(30)18-13-15-29(16-14-18)34(32,33)20-11-7-4-8-12-20/h3-12,17-18H,2,13-16H2,1H3,(H,25,31)(H,26,30). The highest BCUT2D eigenvalue weighted by atomic mass is 32.2. The second kappa shape index (κ2) is 10.2. The first-order valence-corrected chi connectivity index (χ1v) is 12.6. The molecule has 9 nitrogen and oxygen atoms in total. The summed E-state index contributed by atoms with van der Waals surface area (Å²) in [6.45, 7) is 2.94. The van der Waals surface area contributed by atoms with Crippen molar-refractivity contribution in [1.29, 1.82) is 0 Å². The third-order valence-corrected chi connectivity index (χ3v) is 7.71. The van der Waals surface area contributed by atoms with E-state index in [0.29, 0.717) is 30.8 Å². The highest BCUT2D eigenvalue weighted by Crippen LogP contribution is 2.25. The Kier molecular flexibility index (Phi) is 7.09. The Morgan fingerprint density at radius 3 is 2.21 bits per heavy atom. The fraction of sp³-hybridized carbons (Fsp3) is 0.292.